The van der Waals surface area contributed by atoms with Crippen molar-refractivity contribution in [2.75, 3.05) is 49.1 Å². The molecule has 6 rings (SSSR count). The number of anilines is 2. The van der Waals surface area contributed by atoms with Gasteiger partial charge in [-0.1, -0.05) is 7.43 Å². The number of halogens is 1. The van der Waals surface area contributed by atoms with Crippen molar-refractivity contribution in [3.05, 3.63) is 60.7 Å². The Kier molecular flexibility index (Phi) is 20.5. The molecule has 6 heterocycles. The van der Waals surface area contributed by atoms with Crippen molar-refractivity contribution < 1.29 is 19.1 Å². The van der Waals surface area contributed by atoms with Gasteiger partial charge in [0.2, 0.25) is 17.2 Å². The van der Waals surface area contributed by atoms with Crippen LogP contribution in [0.2, 0.25) is 5.28 Å². The number of nitrogens with one attached hydrogen (secondary N) is 3. The quantitative estimate of drug-likeness (QED) is 0.245. The molecule has 3 aliphatic rings. The lowest BCUT2D eigenvalue weighted by Gasteiger charge is -2.32. The molecule has 55 heavy (non-hydrogen) atoms. The Bertz CT molecular complexity index is 1460. The number of rotatable bonds is 4. The van der Waals surface area contributed by atoms with Crippen LogP contribution < -0.4 is 31.5 Å². The molecular formula is C38H63ClN12O4. The molecule has 5 N–H and O–H groups in total. The molecule has 3 aliphatic heterocycles. The van der Waals surface area contributed by atoms with Crippen LogP contribution in [0.3, 0.4) is 0 Å². The van der Waals surface area contributed by atoms with E-state index in [9.17, 15) is 9.59 Å². The van der Waals surface area contributed by atoms with Gasteiger partial charge in [-0.15, -0.1) is 0 Å². The predicted octanol–water partition coefficient (Wildman–Crippen LogP) is 5.40. The third-order valence-corrected chi connectivity index (χ3v) is 8.21. The van der Waals surface area contributed by atoms with Gasteiger partial charge >= 0.3 is 12.2 Å². The number of alkyl carbamates (subject to hydrolysis) is 2. The molecule has 306 valence electrons. The lowest BCUT2D eigenvalue weighted by atomic mass is 10.1. The summed E-state index contributed by atoms with van der Waals surface area (Å²) in [6.07, 6.45) is 15.4. The topological polar surface area (TPSA) is 199 Å². The average molecular weight is 787 g/mol. The number of hydrogen-bond acceptors (Lipinski definition) is 14. The van der Waals surface area contributed by atoms with E-state index in [1.807, 2.05) is 47.6 Å². The largest absolute Gasteiger partial charge is 0.444 e. The molecule has 0 bridgehead atoms. The summed E-state index contributed by atoms with van der Waals surface area (Å²) in [6, 6.07) is 6.14. The molecule has 3 saturated heterocycles. The van der Waals surface area contributed by atoms with Crippen LogP contribution in [0.5, 0.6) is 0 Å². The van der Waals surface area contributed by atoms with Crippen LogP contribution in [0.1, 0.15) is 87.5 Å². The molecule has 3 fully saturated rings. The minimum atomic E-state index is -0.456. The maximum atomic E-state index is 11.7. The van der Waals surface area contributed by atoms with Gasteiger partial charge in [0.1, 0.15) is 11.2 Å². The fraction of sp³-hybridized carbons (Fsp3) is 0.632. The zero-order valence-electron chi connectivity index (χ0n) is 32.6. The molecule has 2 amide bonds. The first-order valence-electron chi connectivity index (χ1n) is 18.6. The monoisotopic (exact) mass is 786 g/mol. The summed E-state index contributed by atoms with van der Waals surface area (Å²) in [6.45, 7) is 16.8. The van der Waals surface area contributed by atoms with Gasteiger partial charge in [0.25, 0.3) is 0 Å². The normalized spacial score (nSPS) is 16.6. The zero-order valence-corrected chi connectivity index (χ0v) is 33.3. The summed E-state index contributed by atoms with van der Waals surface area (Å²) in [5, 5.41) is 9.33. The number of nitrogens with zero attached hydrogens (tertiary/aromatic N) is 8. The van der Waals surface area contributed by atoms with E-state index in [1.54, 1.807) is 49.3 Å². The van der Waals surface area contributed by atoms with Gasteiger partial charge in [-0.2, -0.15) is 0 Å². The average Bonchev–Trinajstić information content (AvgIpc) is 3.13. The summed E-state index contributed by atoms with van der Waals surface area (Å²) in [5.74, 6) is 1.58. The van der Waals surface area contributed by atoms with Crippen molar-refractivity contribution in [3.8, 4) is 0 Å². The highest BCUT2D eigenvalue weighted by Crippen LogP contribution is 2.17. The minimum absolute atomic E-state index is 0. The van der Waals surface area contributed by atoms with Crippen molar-refractivity contribution in [1.82, 2.24) is 45.9 Å². The van der Waals surface area contributed by atoms with Crippen LogP contribution in [0, 0.1) is 0 Å². The molecule has 0 atom stereocenters. The van der Waals surface area contributed by atoms with Gasteiger partial charge < -0.3 is 41.0 Å². The highest BCUT2D eigenvalue weighted by Gasteiger charge is 2.25. The van der Waals surface area contributed by atoms with Gasteiger partial charge in [0.05, 0.1) is 0 Å². The van der Waals surface area contributed by atoms with Gasteiger partial charge in [-0.05, 0) is 123 Å². The van der Waals surface area contributed by atoms with Crippen molar-refractivity contribution in [3.63, 3.8) is 0 Å². The number of piperidine rings is 3. The molecular weight excluding hydrogens is 724 g/mol. The summed E-state index contributed by atoms with van der Waals surface area (Å²) in [4.78, 5) is 51.5. The lowest BCUT2D eigenvalue weighted by Crippen LogP contribution is -2.46. The second-order valence-electron chi connectivity index (χ2n) is 15.0. The van der Waals surface area contributed by atoms with Crippen molar-refractivity contribution in [2.24, 2.45) is 5.73 Å². The molecule has 0 unspecified atom stereocenters. The molecule has 3 aromatic rings. The smallest absolute Gasteiger partial charge is 0.407 e. The SMILES string of the molecule is C.CC(C)(C)OC(=O)NC1CCN(c2ncccn2)CC1.CC(C)(C)OC(=O)NC1CCNCC1.Clc1ncccn1.NC1CCN(c2ncccn2)CC1. The summed E-state index contributed by atoms with van der Waals surface area (Å²) in [7, 11) is 0. The molecule has 0 radical (unpaired) electrons. The van der Waals surface area contributed by atoms with Gasteiger partial charge in [-0.25, -0.2) is 39.5 Å². The number of carbonyl (C=O) groups excluding carboxylic acids is 2. The first-order valence-corrected chi connectivity index (χ1v) is 19.0. The Labute approximate surface area is 332 Å². The van der Waals surface area contributed by atoms with E-state index >= 15 is 0 Å². The van der Waals surface area contributed by atoms with E-state index in [4.69, 9.17) is 26.8 Å². The minimum Gasteiger partial charge on any atom is -0.444 e. The van der Waals surface area contributed by atoms with Crippen LogP contribution in [-0.2, 0) is 9.47 Å². The fourth-order valence-corrected chi connectivity index (χ4v) is 5.54. The number of hydrogen-bond donors (Lipinski definition) is 4. The maximum absolute atomic E-state index is 11.7. The zero-order chi connectivity index (χ0) is 39.4. The molecule has 0 aromatic carbocycles. The number of aromatic nitrogens is 6. The van der Waals surface area contributed by atoms with E-state index in [0.29, 0.717) is 11.3 Å². The van der Waals surface area contributed by atoms with Crippen molar-refractivity contribution in [2.45, 2.75) is 117 Å². The third-order valence-electron chi connectivity index (χ3n) is 8.02. The van der Waals surface area contributed by atoms with E-state index < -0.39 is 11.2 Å². The van der Waals surface area contributed by atoms with E-state index in [-0.39, 0.29) is 31.7 Å². The molecule has 0 saturated carbocycles. The van der Waals surface area contributed by atoms with Crippen LogP contribution >= 0.6 is 11.6 Å². The third kappa shape index (κ3) is 20.7. The first kappa shape index (κ1) is 46.7. The summed E-state index contributed by atoms with van der Waals surface area (Å²) in [5.41, 5.74) is 4.95. The van der Waals surface area contributed by atoms with Gasteiger partial charge in [-0.3, -0.25) is 0 Å². The van der Waals surface area contributed by atoms with Crippen LogP contribution in [0.4, 0.5) is 21.5 Å². The highest BCUT2D eigenvalue weighted by atomic mass is 35.5. The summed E-state index contributed by atoms with van der Waals surface area (Å²) >= 11 is 5.32. The van der Waals surface area contributed by atoms with Gasteiger partial charge in [0, 0.05) is 81.5 Å². The fourth-order valence-electron chi connectivity index (χ4n) is 5.43. The number of nitrogens with two attached hydrogens (primary N) is 1. The number of amides is 2. The summed E-state index contributed by atoms with van der Waals surface area (Å²) < 4.78 is 10.4. The first-order chi connectivity index (χ1) is 25.7. The number of carbonyl (C=O) groups is 2. The van der Waals surface area contributed by atoms with Crippen molar-refractivity contribution in [1.29, 1.82) is 0 Å². The molecule has 0 spiro atoms. The van der Waals surface area contributed by atoms with Crippen LogP contribution in [0.25, 0.3) is 0 Å². The van der Waals surface area contributed by atoms with E-state index in [2.05, 4.69) is 55.7 Å². The molecule has 16 nitrogen and oxygen atoms in total. The van der Waals surface area contributed by atoms with Crippen LogP contribution in [0.15, 0.2) is 55.4 Å². The molecule has 17 heteroatoms. The Hall–Kier alpha value is -4.41. The number of ether oxygens (including phenoxy) is 2. The maximum Gasteiger partial charge on any atom is 0.407 e. The van der Waals surface area contributed by atoms with E-state index in [0.717, 1.165) is 89.7 Å². The highest BCUT2D eigenvalue weighted by molar-refractivity contribution is 6.28. The van der Waals surface area contributed by atoms with Crippen molar-refractivity contribution >= 4 is 35.7 Å². The Morgan fingerprint density at radius 2 is 1.00 bits per heavy atom. The standard InChI is InChI=1S/C14H22N4O2.C10H20N2O2.C9H14N4.C4H3ClN2.CH4/c1-14(2,3)20-13(19)17-11-5-9-18(10-6-11)12-15-7-4-8-16-12;1-10(2,3)14-9(13)12-8-4-6-11-7-5-8;10-8-2-6-13(7-3-8)9-11-4-1-5-12-9;5-4-6-2-1-3-7-4;/h4,7-8,11H,5-6,9-10H2,1-3H3,(H,17,19);8,11H,4-7H2,1-3H3,(H,12,13);1,4-5,8H,2-3,6-7,10H2;1-3H;1H4. The predicted molar refractivity (Wildman–Crippen MR) is 217 cm³/mol. The second-order valence-corrected chi connectivity index (χ2v) is 15.4. The lowest BCUT2D eigenvalue weighted by molar-refractivity contribution is 0.0484. The Morgan fingerprint density at radius 1 is 0.655 bits per heavy atom. The van der Waals surface area contributed by atoms with E-state index in [1.165, 1.54) is 0 Å². The Morgan fingerprint density at radius 3 is 1.35 bits per heavy atom. The van der Waals surface area contributed by atoms with Gasteiger partial charge in [0.15, 0.2) is 0 Å². The second kappa shape index (κ2) is 24.2. The molecule has 0 aliphatic carbocycles. The van der Waals surface area contributed by atoms with Crippen LogP contribution in [-0.4, -0.2) is 111 Å². The molecule has 3 aromatic heterocycles. The Balaban J connectivity index is 0.000000265.